The van der Waals surface area contributed by atoms with Crippen LogP contribution in [0.5, 0.6) is 0 Å². The van der Waals surface area contributed by atoms with Crippen LogP contribution in [0.4, 0.5) is 5.13 Å². The van der Waals surface area contributed by atoms with Crippen molar-refractivity contribution in [2.24, 2.45) is 0 Å². The van der Waals surface area contributed by atoms with Crippen molar-refractivity contribution in [3.05, 3.63) is 65.7 Å². The zero-order valence-electron chi connectivity index (χ0n) is 16.2. The highest BCUT2D eigenvalue weighted by atomic mass is 32.1. The van der Waals surface area contributed by atoms with Gasteiger partial charge in [-0.25, -0.2) is 0 Å². The topological polar surface area (TPSA) is 93.2 Å². The average molecular weight is 410 g/mol. The molecule has 1 aromatic heterocycles. The number of nitrogens with one attached hydrogen (secondary N) is 2. The summed E-state index contributed by atoms with van der Waals surface area (Å²) in [6.07, 6.45) is 0.353. The molecule has 7 nitrogen and oxygen atoms in total. The van der Waals surface area contributed by atoms with E-state index >= 15 is 0 Å². The third kappa shape index (κ3) is 5.94. The Kier molecular flexibility index (Phi) is 7.04. The van der Waals surface area contributed by atoms with Gasteiger partial charge in [0.15, 0.2) is 0 Å². The van der Waals surface area contributed by atoms with E-state index in [1.165, 1.54) is 18.4 Å². The molecule has 0 bridgehead atoms. The molecule has 2 N–H and O–H groups in total. The number of methoxy groups -OCH3 is 1. The summed E-state index contributed by atoms with van der Waals surface area (Å²) in [5.41, 5.74) is 2.99. The predicted octanol–water partition coefficient (Wildman–Crippen LogP) is 2.83. The summed E-state index contributed by atoms with van der Waals surface area (Å²) in [6.45, 7) is 1.89. The minimum absolute atomic E-state index is 0.116. The van der Waals surface area contributed by atoms with Gasteiger partial charge in [0.2, 0.25) is 16.9 Å². The van der Waals surface area contributed by atoms with Gasteiger partial charge in [-0.2, -0.15) is 0 Å². The normalized spacial score (nSPS) is 11.7. The Bertz CT molecular complexity index is 975. The number of amides is 2. The Hall–Kier alpha value is -3.10. The fourth-order valence-corrected chi connectivity index (χ4v) is 3.53. The Morgan fingerprint density at radius 1 is 1.10 bits per heavy atom. The summed E-state index contributed by atoms with van der Waals surface area (Å²) in [5.74, 6) is -0.716. The van der Waals surface area contributed by atoms with Crippen molar-refractivity contribution in [1.82, 2.24) is 15.5 Å². The molecule has 0 spiro atoms. The summed E-state index contributed by atoms with van der Waals surface area (Å²) >= 11 is 1.28. The van der Waals surface area contributed by atoms with E-state index < -0.39 is 6.04 Å². The maximum Gasteiger partial charge on any atom is 0.249 e. The van der Waals surface area contributed by atoms with Crippen LogP contribution in [0, 0.1) is 6.92 Å². The van der Waals surface area contributed by atoms with E-state index in [0.717, 1.165) is 16.7 Å². The predicted molar refractivity (Wildman–Crippen MR) is 113 cm³/mol. The molecule has 3 aromatic rings. The van der Waals surface area contributed by atoms with Gasteiger partial charge in [-0.1, -0.05) is 65.4 Å². The number of carbonyl (C=O) groups excluding carboxylic acids is 2. The first-order chi connectivity index (χ1) is 14.0. The van der Waals surface area contributed by atoms with E-state index in [1.807, 2.05) is 61.5 Å². The van der Waals surface area contributed by atoms with Gasteiger partial charge in [0, 0.05) is 19.1 Å². The first kappa shape index (κ1) is 20.6. The van der Waals surface area contributed by atoms with E-state index in [4.69, 9.17) is 4.74 Å². The molecule has 3 rings (SSSR count). The molecule has 0 saturated heterocycles. The van der Waals surface area contributed by atoms with Gasteiger partial charge < -0.3 is 10.1 Å². The number of nitrogens with zero attached hydrogens (tertiary/aromatic N) is 2. The number of hydrogen-bond donors (Lipinski definition) is 2. The van der Waals surface area contributed by atoms with Crippen LogP contribution in [-0.4, -0.2) is 41.8 Å². The highest BCUT2D eigenvalue weighted by molar-refractivity contribution is 7.18. The van der Waals surface area contributed by atoms with Crippen LogP contribution in [-0.2, 0) is 20.7 Å². The summed E-state index contributed by atoms with van der Waals surface area (Å²) in [6, 6.07) is 16.6. The molecule has 8 heteroatoms. The van der Waals surface area contributed by atoms with Gasteiger partial charge in [0.25, 0.3) is 0 Å². The molecule has 1 heterocycles. The summed E-state index contributed by atoms with van der Waals surface area (Å²) in [5, 5.41) is 14.8. The second kappa shape index (κ2) is 9.90. The average Bonchev–Trinajstić information content (AvgIpc) is 3.17. The number of ether oxygens (including phenoxy) is 1. The molecule has 0 radical (unpaired) electrons. The van der Waals surface area contributed by atoms with Crippen molar-refractivity contribution >= 4 is 28.3 Å². The standard InChI is InChI=1S/C21H22N4O3S/c1-14-7-6-10-16(11-14)20-24-25-21(29-20)23-19(27)17(22-18(26)13-28-2)12-15-8-4-3-5-9-15/h3-11,17H,12-13H2,1-2H3,(H,22,26)(H,23,25,27). The lowest BCUT2D eigenvalue weighted by molar-refractivity contribution is -0.129. The maximum atomic E-state index is 12.8. The SMILES string of the molecule is COCC(=O)NC(Cc1ccccc1)C(=O)Nc1nnc(-c2cccc(C)c2)s1. The quantitative estimate of drug-likeness (QED) is 0.596. The number of rotatable bonds is 8. The molecule has 0 aliphatic rings. The van der Waals surface area contributed by atoms with E-state index in [9.17, 15) is 9.59 Å². The van der Waals surface area contributed by atoms with Crippen LogP contribution in [0.1, 0.15) is 11.1 Å². The summed E-state index contributed by atoms with van der Waals surface area (Å²) in [7, 11) is 1.43. The Morgan fingerprint density at radius 2 is 1.90 bits per heavy atom. The van der Waals surface area contributed by atoms with Gasteiger partial charge in [-0.05, 0) is 18.6 Å². The van der Waals surface area contributed by atoms with Crippen molar-refractivity contribution in [2.75, 3.05) is 19.0 Å². The van der Waals surface area contributed by atoms with Crippen molar-refractivity contribution in [3.63, 3.8) is 0 Å². The first-order valence-corrected chi connectivity index (χ1v) is 9.90. The molecule has 2 aromatic carbocycles. The van der Waals surface area contributed by atoms with Crippen LogP contribution < -0.4 is 10.6 Å². The van der Waals surface area contributed by atoms with Gasteiger partial charge in [0.1, 0.15) is 17.7 Å². The summed E-state index contributed by atoms with van der Waals surface area (Å²) < 4.78 is 4.85. The van der Waals surface area contributed by atoms with Crippen LogP contribution >= 0.6 is 11.3 Å². The minimum atomic E-state index is -0.758. The van der Waals surface area contributed by atoms with Gasteiger partial charge in [-0.3, -0.25) is 14.9 Å². The lowest BCUT2D eigenvalue weighted by atomic mass is 10.1. The zero-order valence-corrected chi connectivity index (χ0v) is 17.0. The molecule has 0 saturated carbocycles. The highest BCUT2D eigenvalue weighted by Crippen LogP contribution is 2.27. The fraction of sp³-hybridized carbons (Fsp3) is 0.238. The number of aryl methyl sites for hydroxylation is 1. The highest BCUT2D eigenvalue weighted by Gasteiger charge is 2.22. The third-order valence-electron chi connectivity index (χ3n) is 4.13. The van der Waals surface area contributed by atoms with E-state index in [0.29, 0.717) is 16.6 Å². The smallest absolute Gasteiger partial charge is 0.249 e. The number of hydrogen-bond acceptors (Lipinski definition) is 6. The molecule has 0 aliphatic heterocycles. The fourth-order valence-electron chi connectivity index (χ4n) is 2.79. The van der Waals surface area contributed by atoms with Crippen LogP contribution in [0.25, 0.3) is 10.6 Å². The van der Waals surface area contributed by atoms with Crippen molar-refractivity contribution in [1.29, 1.82) is 0 Å². The molecular formula is C21H22N4O3S. The Balaban J connectivity index is 1.72. The second-order valence-electron chi connectivity index (χ2n) is 6.51. The number of carbonyl (C=O) groups is 2. The second-order valence-corrected chi connectivity index (χ2v) is 7.49. The van der Waals surface area contributed by atoms with E-state index in [1.54, 1.807) is 0 Å². The molecule has 1 atom stereocenters. The third-order valence-corrected chi connectivity index (χ3v) is 5.02. The van der Waals surface area contributed by atoms with Crippen molar-refractivity contribution in [2.45, 2.75) is 19.4 Å². The van der Waals surface area contributed by atoms with Gasteiger partial charge in [-0.15, -0.1) is 10.2 Å². The molecular weight excluding hydrogens is 388 g/mol. The Labute approximate surface area is 173 Å². The lowest BCUT2D eigenvalue weighted by Gasteiger charge is -2.17. The van der Waals surface area contributed by atoms with Gasteiger partial charge >= 0.3 is 0 Å². The number of aromatic nitrogens is 2. The zero-order chi connectivity index (χ0) is 20.6. The number of anilines is 1. The van der Waals surface area contributed by atoms with E-state index in [2.05, 4.69) is 20.8 Å². The van der Waals surface area contributed by atoms with Crippen LogP contribution in [0.2, 0.25) is 0 Å². The van der Waals surface area contributed by atoms with Crippen molar-refractivity contribution in [3.8, 4) is 10.6 Å². The molecule has 0 fully saturated rings. The maximum absolute atomic E-state index is 12.8. The molecule has 29 heavy (non-hydrogen) atoms. The van der Waals surface area contributed by atoms with Gasteiger partial charge in [0.05, 0.1) is 0 Å². The Morgan fingerprint density at radius 3 is 2.62 bits per heavy atom. The van der Waals surface area contributed by atoms with E-state index in [-0.39, 0.29) is 18.4 Å². The molecule has 1 unspecified atom stereocenters. The lowest BCUT2D eigenvalue weighted by Crippen LogP contribution is -2.46. The number of benzene rings is 2. The largest absolute Gasteiger partial charge is 0.375 e. The molecule has 2 amide bonds. The first-order valence-electron chi connectivity index (χ1n) is 9.09. The minimum Gasteiger partial charge on any atom is -0.375 e. The van der Waals surface area contributed by atoms with Crippen LogP contribution in [0.3, 0.4) is 0 Å². The van der Waals surface area contributed by atoms with Crippen LogP contribution in [0.15, 0.2) is 54.6 Å². The summed E-state index contributed by atoms with van der Waals surface area (Å²) in [4.78, 5) is 24.8. The monoisotopic (exact) mass is 410 g/mol. The molecule has 150 valence electrons. The molecule has 0 aliphatic carbocycles. The van der Waals surface area contributed by atoms with Crippen molar-refractivity contribution < 1.29 is 14.3 Å².